The van der Waals surface area contributed by atoms with E-state index in [0.29, 0.717) is 0 Å². The van der Waals surface area contributed by atoms with Crippen molar-refractivity contribution in [1.82, 2.24) is 14.8 Å². The topological polar surface area (TPSA) is 144 Å². The van der Waals surface area contributed by atoms with Crippen LogP contribution in [0.3, 0.4) is 0 Å². The first-order valence-electron chi connectivity index (χ1n) is 4.88. The van der Waals surface area contributed by atoms with Gasteiger partial charge in [-0.1, -0.05) is 0 Å². The summed E-state index contributed by atoms with van der Waals surface area (Å²) in [7, 11) is 0. The van der Waals surface area contributed by atoms with Crippen molar-refractivity contribution >= 4 is 5.91 Å². The number of primary amides is 1. The van der Waals surface area contributed by atoms with Crippen LogP contribution in [0.25, 0.3) is 0 Å². The van der Waals surface area contributed by atoms with Crippen molar-refractivity contribution in [2.45, 2.75) is 24.5 Å². The molecular weight excluding hydrogens is 232 g/mol. The third-order valence-electron chi connectivity index (χ3n) is 2.51. The van der Waals surface area contributed by atoms with Crippen LogP contribution in [0.4, 0.5) is 0 Å². The van der Waals surface area contributed by atoms with Crippen LogP contribution in [0, 0.1) is 0 Å². The fourth-order valence-corrected chi connectivity index (χ4v) is 1.61. The lowest BCUT2D eigenvalue weighted by molar-refractivity contribution is -0.0588. The van der Waals surface area contributed by atoms with Crippen molar-refractivity contribution in [3.8, 4) is 0 Å². The fourth-order valence-electron chi connectivity index (χ4n) is 1.61. The van der Waals surface area contributed by atoms with Crippen LogP contribution in [0.15, 0.2) is 6.33 Å². The summed E-state index contributed by atoms with van der Waals surface area (Å²) < 4.78 is 6.25. The monoisotopic (exact) mass is 244 g/mol. The molecule has 1 aliphatic rings. The minimum absolute atomic E-state index is 0.220. The number of carbonyl (C=O) groups excluding carboxylic acids is 1. The highest BCUT2D eigenvalue weighted by molar-refractivity contribution is 5.88. The molecule has 94 valence electrons. The number of aliphatic hydroxyl groups excluding tert-OH is 3. The summed E-state index contributed by atoms with van der Waals surface area (Å²) in [5.41, 5.74) is 4.97. The van der Waals surface area contributed by atoms with E-state index in [-0.39, 0.29) is 5.82 Å². The number of nitrogens with zero attached hydrogens (tertiary/aromatic N) is 3. The first kappa shape index (κ1) is 11.9. The lowest BCUT2D eigenvalue weighted by Crippen LogP contribution is -2.33. The second-order valence-electron chi connectivity index (χ2n) is 3.64. The Labute approximate surface area is 95.4 Å². The highest BCUT2D eigenvalue weighted by atomic mass is 16.6. The van der Waals surface area contributed by atoms with Gasteiger partial charge in [-0.25, -0.2) is 9.67 Å². The predicted molar refractivity (Wildman–Crippen MR) is 51.5 cm³/mol. The molecule has 17 heavy (non-hydrogen) atoms. The van der Waals surface area contributed by atoms with E-state index >= 15 is 0 Å². The van der Waals surface area contributed by atoms with E-state index in [9.17, 15) is 15.0 Å². The molecule has 0 bridgehead atoms. The van der Waals surface area contributed by atoms with Gasteiger partial charge >= 0.3 is 0 Å². The standard InChI is InChI=1S/C8H12N4O5/c9-6(16)7-10-2-12(11-7)8-5(15)4(14)3(1-13)17-8/h2-5,8,13-15H,1H2,(H2,9,16)/t3?,4-,5-,8-/m1/s1. The Hall–Kier alpha value is -1.55. The lowest BCUT2D eigenvalue weighted by Gasteiger charge is -2.13. The Bertz CT molecular complexity index is 422. The minimum atomic E-state index is -1.27. The number of hydrogen-bond acceptors (Lipinski definition) is 7. The van der Waals surface area contributed by atoms with Gasteiger partial charge in [-0.15, -0.1) is 5.10 Å². The zero-order valence-electron chi connectivity index (χ0n) is 8.67. The van der Waals surface area contributed by atoms with Crippen LogP contribution in [-0.2, 0) is 4.74 Å². The van der Waals surface area contributed by atoms with Gasteiger partial charge in [-0.05, 0) is 0 Å². The minimum Gasteiger partial charge on any atom is -0.394 e. The highest BCUT2D eigenvalue weighted by Crippen LogP contribution is 2.28. The van der Waals surface area contributed by atoms with Crippen molar-refractivity contribution in [2.24, 2.45) is 5.73 Å². The SMILES string of the molecule is NC(=O)c1ncn([C@@H]2OC(CO)[C@@H](O)[C@H]2O)n1. The second kappa shape index (κ2) is 4.37. The maximum Gasteiger partial charge on any atom is 0.288 e. The van der Waals surface area contributed by atoms with Crippen molar-refractivity contribution in [3.63, 3.8) is 0 Å². The molecule has 9 heteroatoms. The zero-order chi connectivity index (χ0) is 12.6. The van der Waals surface area contributed by atoms with Gasteiger partial charge in [0.05, 0.1) is 6.61 Å². The van der Waals surface area contributed by atoms with Crippen LogP contribution in [0.5, 0.6) is 0 Å². The van der Waals surface area contributed by atoms with Crippen molar-refractivity contribution < 1.29 is 24.9 Å². The quantitative estimate of drug-likeness (QED) is 0.443. The fraction of sp³-hybridized carbons (Fsp3) is 0.625. The smallest absolute Gasteiger partial charge is 0.288 e. The van der Waals surface area contributed by atoms with Crippen LogP contribution >= 0.6 is 0 Å². The van der Waals surface area contributed by atoms with E-state index in [1.807, 2.05) is 0 Å². The number of amides is 1. The molecule has 1 aromatic rings. The van der Waals surface area contributed by atoms with Gasteiger partial charge in [0.2, 0.25) is 5.82 Å². The van der Waals surface area contributed by atoms with Crippen LogP contribution in [-0.4, -0.2) is 60.9 Å². The number of rotatable bonds is 3. The highest BCUT2D eigenvalue weighted by Gasteiger charge is 2.43. The summed E-state index contributed by atoms with van der Waals surface area (Å²) in [6, 6.07) is 0. The van der Waals surface area contributed by atoms with Gasteiger partial charge in [0, 0.05) is 0 Å². The molecule has 4 atom stereocenters. The van der Waals surface area contributed by atoms with Gasteiger partial charge in [0.25, 0.3) is 5.91 Å². The van der Waals surface area contributed by atoms with Gasteiger partial charge in [0.1, 0.15) is 24.6 Å². The Morgan fingerprint density at radius 1 is 1.53 bits per heavy atom. The van der Waals surface area contributed by atoms with E-state index in [1.165, 1.54) is 0 Å². The van der Waals surface area contributed by atoms with Crippen molar-refractivity contribution in [3.05, 3.63) is 12.2 Å². The predicted octanol–water partition coefficient (Wildman–Crippen LogP) is -3.01. The average molecular weight is 244 g/mol. The Morgan fingerprint density at radius 3 is 2.71 bits per heavy atom. The van der Waals surface area contributed by atoms with Crippen LogP contribution < -0.4 is 5.73 Å². The molecule has 1 aliphatic heterocycles. The Morgan fingerprint density at radius 2 is 2.24 bits per heavy atom. The van der Waals surface area contributed by atoms with Crippen molar-refractivity contribution in [2.75, 3.05) is 6.61 Å². The third kappa shape index (κ3) is 2.00. The largest absolute Gasteiger partial charge is 0.394 e. The maximum atomic E-state index is 10.8. The molecular formula is C8H12N4O5. The molecule has 1 amide bonds. The van der Waals surface area contributed by atoms with E-state index in [0.717, 1.165) is 11.0 Å². The molecule has 0 aliphatic carbocycles. The second-order valence-corrected chi connectivity index (χ2v) is 3.64. The Balaban J connectivity index is 2.19. The normalized spacial score (nSPS) is 32.9. The third-order valence-corrected chi connectivity index (χ3v) is 2.51. The first-order valence-corrected chi connectivity index (χ1v) is 4.88. The number of ether oxygens (including phenoxy) is 1. The maximum absolute atomic E-state index is 10.8. The molecule has 2 rings (SSSR count). The van der Waals surface area contributed by atoms with E-state index in [2.05, 4.69) is 10.1 Å². The molecule has 1 aromatic heterocycles. The van der Waals surface area contributed by atoms with Crippen LogP contribution in [0.1, 0.15) is 16.8 Å². The van der Waals surface area contributed by atoms with Gasteiger partial charge in [-0.2, -0.15) is 0 Å². The number of aliphatic hydroxyl groups is 3. The lowest BCUT2D eigenvalue weighted by atomic mass is 10.1. The van der Waals surface area contributed by atoms with Gasteiger partial charge in [-0.3, -0.25) is 4.79 Å². The molecule has 1 fully saturated rings. The zero-order valence-corrected chi connectivity index (χ0v) is 8.67. The molecule has 1 unspecified atom stereocenters. The number of nitrogens with two attached hydrogens (primary N) is 1. The number of aromatic nitrogens is 3. The summed E-state index contributed by atoms with van der Waals surface area (Å²) in [4.78, 5) is 14.4. The Kier molecular flexibility index (Phi) is 3.07. The van der Waals surface area contributed by atoms with E-state index in [1.54, 1.807) is 0 Å². The summed E-state index contributed by atoms with van der Waals surface area (Å²) in [6.07, 6.45) is -3.26. The molecule has 1 saturated heterocycles. The molecule has 0 radical (unpaired) electrons. The number of hydrogen-bond donors (Lipinski definition) is 4. The molecule has 0 spiro atoms. The van der Waals surface area contributed by atoms with E-state index in [4.69, 9.17) is 15.6 Å². The molecule has 9 nitrogen and oxygen atoms in total. The number of carbonyl (C=O) groups is 1. The van der Waals surface area contributed by atoms with Gasteiger partial charge in [0.15, 0.2) is 6.23 Å². The molecule has 0 saturated carbocycles. The molecule has 0 aromatic carbocycles. The van der Waals surface area contributed by atoms with Gasteiger partial charge < -0.3 is 25.8 Å². The summed E-state index contributed by atoms with van der Waals surface area (Å²) in [6.45, 7) is -0.438. The van der Waals surface area contributed by atoms with Crippen molar-refractivity contribution in [1.29, 1.82) is 0 Å². The summed E-state index contributed by atoms with van der Waals surface area (Å²) in [5, 5.41) is 31.8. The first-order chi connectivity index (χ1) is 8.04. The van der Waals surface area contributed by atoms with Crippen LogP contribution in [0.2, 0.25) is 0 Å². The average Bonchev–Trinajstić information content (AvgIpc) is 2.87. The molecule has 5 N–H and O–H groups in total. The van der Waals surface area contributed by atoms with E-state index < -0.39 is 37.1 Å². The summed E-state index contributed by atoms with van der Waals surface area (Å²) >= 11 is 0. The summed E-state index contributed by atoms with van der Waals surface area (Å²) in [5.74, 6) is -1.03. The molecule has 2 heterocycles.